The zero-order chi connectivity index (χ0) is 16.3. The van der Waals surface area contributed by atoms with Crippen LogP contribution < -0.4 is 4.90 Å². The fourth-order valence-corrected chi connectivity index (χ4v) is 3.32. The molecule has 0 bridgehead atoms. The van der Waals surface area contributed by atoms with E-state index in [1.54, 1.807) is 18.0 Å². The minimum atomic E-state index is -0.0498. The summed E-state index contributed by atoms with van der Waals surface area (Å²) in [4.78, 5) is 32.4. The largest absolute Gasteiger partial charge is 0.383 e. The van der Waals surface area contributed by atoms with Crippen LogP contribution in [0.1, 0.15) is 38.3 Å². The highest BCUT2D eigenvalue weighted by Crippen LogP contribution is 2.33. The van der Waals surface area contributed by atoms with Crippen molar-refractivity contribution in [2.45, 2.75) is 40.7 Å². The van der Waals surface area contributed by atoms with Crippen LogP contribution in [-0.4, -0.2) is 41.7 Å². The number of hydrogen-bond donors (Lipinski definition) is 0. The summed E-state index contributed by atoms with van der Waals surface area (Å²) in [6.07, 6.45) is 1.79. The first-order valence-electron chi connectivity index (χ1n) is 6.82. The number of carbonyl (C=O) groups excluding carboxylic acids is 2. The molecule has 0 spiro atoms. The highest BCUT2D eigenvalue weighted by Gasteiger charge is 2.23. The highest BCUT2D eigenvalue weighted by molar-refractivity contribution is 7.17. The minimum absolute atomic E-state index is 0.0130. The van der Waals surface area contributed by atoms with E-state index >= 15 is 0 Å². The molecule has 0 radical (unpaired) electrons. The third-order valence-electron chi connectivity index (χ3n) is 2.86. The van der Waals surface area contributed by atoms with E-state index in [-0.39, 0.29) is 17.7 Å². The molecule has 1 rings (SSSR count). The fraction of sp³-hybridized carbons (Fsp3) is 0.533. The van der Waals surface area contributed by atoms with Crippen molar-refractivity contribution in [2.75, 3.05) is 19.0 Å². The van der Waals surface area contributed by atoms with Crippen LogP contribution in [0.4, 0.5) is 5.13 Å². The van der Waals surface area contributed by atoms with Gasteiger partial charge in [-0.3, -0.25) is 14.5 Å². The second-order valence-corrected chi connectivity index (χ2v) is 6.43. The van der Waals surface area contributed by atoms with E-state index < -0.39 is 0 Å². The van der Waals surface area contributed by atoms with Crippen molar-refractivity contribution in [3.05, 3.63) is 16.8 Å². The molecular weight excluding hydrogens is 286 g/mol. The van der Waals surface area contributed by atoms with Gasteiger partial charge in [0.25, 0.3) is 0 Å². The number of rotatable bonds is 5. The third kappa shape index (κ3) is 4.14. The SMILES string of the molecule is CC(=O)/C(=C\N(C)C)c1sc(N(C(C)=O)C(C)C)nc1C. The summed E-state index contributed by atoms with van der Waals surface area (Å²) in [6, 6.07) is 0.0273. The monoisotopic (exact) mass is 309 g/mol. The lowest BCUT2D eigenvalue weighted by molar-refractivity contribution is -0.117. The maximum absolute atomic E-state index is 11.9. The van der Waals surface area contributed by atoms with Crippen molar-refractivity contribution >= 4 is 33.7 Å². The smallest absolute Gasteiger partial charge is 0.225 e. The van der Waals surface area contributed by atoms with Gasteiger partial charge in [-0.25, -0.2) is 4.98 Å². The van der Waals surface area contributed by atoms with Crippen LogP contribution >= 0.6 is 11.3 Å². The normalized spacial score (nSPS) is 11.7. The predicted molar refractivity (Wildman–Crippen MR) is 87.5 cm³/mol. The Morgan fingerprint density at radius 1 is 1.24 bits per heavy atom. The van der Waals surface area contributed by atoms with Crippen LogP contribution in [0.3, 0.4) is 0 Å². The summed E-state index contributed by atoms with van der Waals surface area (Å²) in [7, 11) is 3.74. The lowest BCUT2D eigenvalue weighted by Crippen LogP contribution is -2.34. The second kappa shape index (κ2) is 6.85. The van der Waals surface area contributed by atoms with Crippen molar-refractivity contribution in [1.29, 1.82) is 0 Å². The van der Waals surface area contributed by atoms with E-state index in [1.807, 2.05) is 39.8 Å². The zero-order valence-electron chi connectivity index (χ0n) is 13.7. The van der Waals surface area contributed by atoms with Gasteiger partial charge in [0.15, 0.2) is 10.9 Å². The Balaban J connectivity index is 3.35. The molecule has 1 aromatic heterocycles. The average molecular weight is 309 g/mol. The number of hydrogen-bond acceptors (Lipinski definition) is 5. The van der Waals surface area contributed by atoms with Crippen molar-refractivity contribution in [3.63, 3.8) is 0 Å². The lowest BCUT2D eigenvalue weighted by atomic mass is 10.1. The minimum Gasteiger partial charge on any atom is -0.383 e. The Kier molecular flexibility index (Phi) is 5.66. The molecule has 0 fully saturated rings. The van der Waals surface area contributed by atoms with Gasteiger partial charge in [0.05, 0.1) is 16.1 Å². The molecule has 0 aromatic carbocycles. The number of Topliss-reactive ketones (excluding diaryl/α,β-unsaturated/α-hetero) is 1. The number of aromatic nitrogens is 1. The van der Waals surface area contributed by atoms with Crippen LogP contribution in [0, 0.1) is 6.92 Å². The molecule has 1 aromatic rings. The number of aryl methyl sites for hydroxylation is 1. The van der Waals surface area contributed by atoms with Crippen molar-refractivity contribution in [2.24, 2.45) is 0 Å². The molecule has 0 aliphatic carbocycles. The summed E-state index contributed by atoms with van der Waals surface area (Å²) in [5, 5.41) is 0.635. The van der Waals surface area contributed by atoms with E-state index in [9.17, 15) is 9.59 Å². The Bertz CT molecular complexity index is 573. The number of thiazole rings is 1. The molecule has 6 heteroatoms. The number of ketones is 1. The third-order valence-corrected chi connectivity index (χ3v) is 4.05. The van der Waals surface area contributed by atoms with E-state index in [0.717, 1.165) is 10.6 Å². The molecule has 116 valence electrons. The van der Waals surface area contributed by atoms with Crippen molar-refractivity contribution in [1.82, 2.24) is 9.88 Å². The molecule has 0 saturated heterocycles. The van der Waals surface area contributed by atoms with Crippen LogP contribution in [0.2, 0.25) is 0 Å². The summed E-state index contributed by atoms with van der Waals surface area (Å²) in [5.41, 5.74) is 1.39. The standard InChI is InChI=1S/C15H23N3O2S/c1-9(2)18(12(5)20)15-16-10(3)14(21-15)13(11(4)19)8-17(6)7/h8-9H,1-7H3/b13-8+. The molecule has 0 unspecified atom stereocenters. The van der Waals surface area contributed by atoms with Gasteiger partial charge < -0.3 is 4.90 Å². The molecule has 0 aliphatic heterocycles. The molecule has 0 atom stereocenters. The fourth-order valence-electron chi connectivity index (χ4n) is 2.02. The molecule has 5 nitrogen and oxygen atoms in total. The van der Waals surface area contributed by atoms with Crippen molar-refractivity contribution < 1.29 is 9.59 Å². The van der Waals surface area contributed by atoms with E-state index in [4.69, 9.17) is 0 Å². The predicted octanol–water partition coefficient (Wildman–Crippen LogP) is 2.70. The Hall–Kier alpha value is -1.69. The van der Waals surface area contributed by atoms with Gasteiger partial charge >= 0.3 is 0 Å². The van der Waals surface area contributed by atoms with Crippen LogP contribution in [0.15, 0.2) is 6.20 Å². The van der Waals surface area contributed by atoms with E-state index in [1.165, 1.54) is 18.3 Å². The zero-order valence-corrected chi connectivity index (χ0v) is 14.5. The molecule has 0 saturated carbocycles. The Morgan fingerprint density at radius 3 is 2.19 bits per heavy atom. The van der Waals surface area contributed by atoms with Crippen molar-refractivity contribution in [3.8, 4) is 0 Å². The number of anilines is 1. The number of nitrogens with zero attached hydrogens (tertiary/aromatic N) is 3. The second-order valence-electron chi connectivity index (χ2n) is 5.46. The summed E-state index contributed by atoms with van der Waals surface area (Å²) in [5.74, 6) is -0.0628. The highest BCUT2D eigenvalue weighted by atomic mass is 32.1. The molecule has 0 N–H and O–H groups in total. The number of amides is 1. The number of allylic oxidation sites excluding steroid dienone is 1. The van der Waals surface area contributed by atoms with Gasteiger partial charge in [0, 0.05) is 33.3 Å². The Morgan fingerprint density at radius 2 is 1.81 bits per heavy atom. The van der Waals surface area contributed by atoms with Gasteiger partial charge in [-0.15, -0.1) is 0 Å². The topological polar surface area (TPSA) is 53.5 Å². The first-order chi connectivity index (χ1) is 9.65. The molecule has 0 aliphatic rings. The van der Waals surface area contributed by atoms with Gasteiger partial charge in [0.1, 0.15) is 0 Å². The van der Waals surface area contributed by atoms with Gasteiger partial charge in [-0.1, -0.05) is 11.3 Å². The maximum atomic E-state index is 11.9. The maximum Gasteiger partial charge on any atom is 0.225 e. The van der Waals surface area contributed by atoms with Crippen LogP contribution in [-0.2, 0) is 9.59 Å². The quantitative estimate of drug-likeness (QED) is 0.785. The van der Waals surface area contributed by atoms with Crippen LogP contribution in [0.5, 0.6) is 0 Å². The summed E-state index contributed by atoms with van der Waals surface area (Å²) < 4.78 is 0. The number of carbonyl (C=O) groups is 2. The molecular formula is C15H23N3O2S. The molecule has 1 heterocycles. The van der Waals surface area contributed by atoms with E-state index in [0.29, 0.717) is 10.7 Å². The van der Waals surface area contributed by atoms with Gasteiger partial charge in [-0.2, -0.15) is 0 Å². The summed E-state index contributed by atoms with van der Waals surface area (Å²) >= 11 is 1.38. The summed E-state index contributed by atoms with van der Waals surface area (Å²) in [6.45, 7) is 8.82. The van der Waals surface area contributed by atoms with Crippen LogP contribution in [0.25, 0.3) is 5.57 Å². The first kappa shape index (κ1) is 17.4. The average Bonchev–Trinajstić information content (AvgIpc) is 2.66. The molecule has 1 amide bonds. The Labute approximate surface area is 130 Å². The van der Waals surface area contributed by atoms with E-state index in [2.05, 4.69) is 4.98 Å². The van der Waals surface area contributed by atoms with Gasteiger partial charge in [-0.05, 0) is 27.7 Å². The van der Waals surface area contributed by atoms with Gasteiger partial charge in [0.2, 0.25) is 5.91 Å². The molecule has 21 heavy (non-hydrogen) atoms. The lowest BCUT2D eigenvalue weighted by Gasteiger charge is -2.22. The first-order valence-corrected chi connectivity index (χ1v) is 7.63.